The third-order valence-electron chi connectivity index (χ3n) is 2.05. The molecular weight excluding hydrogens is 138 g/mol. The predicted molar refractivity (Wildman–Crippen MR) is 48.3 cm³/mol. The molecule has 0 heterocycles. The number of hydrogen-bond acceptors (Lipinski definition) is 2. The summed E-state index contributed by atoms with van der Waals surface area (Å²) in [6.07, 6.45) is 1.76. The Morgan fingerprint density at radius 1 is 1.45 bits per heavy atom. The second kappa shape index (κ2) is 4.07. The summed E-state index contributed by atoms with van der Waals surface area (Å²) in [4.78, 5) is 0. The average molecular weight is 159 g/mol. The number of hydrogen-bond donors (Lipinski definition) is 2. The molecular formula is C9H21NO. The van der Waals surface area contributed by atoms with Crippen LogP contribution in [-0.4, -0.2) is 16.7 Å². The number of rotatable bonds is 4. The summed E-state index contributed by atoms with van der Waals surface area (Å²) >= 11 is 0. The van der Waals surface area contributed by atoms with Gasteiger partial charge in [-0.2, -0.15) is 0 Å². The molecule has 3 N–H and O–H groups in total. The maximum absolute atomic E-state index is 9.66. The van der Waals surface area contributed by atoms with Gasteiger partial charge in [-0.05, 0) is 26.2 Å². The molecule has 11 heavy (non-hydrogen) atoms. The lowest BCUT2D eigenvalue weighted by Crippen LogP contribution is -2.48. The zero-order chi connectivity index (χ0) is 9.07. The summed E-state index contributed by atoms with van der Waals surface area (Å²) in [5.74, 6) is 0.306. The highest BCUT2D eigenvalue weighted by Gasteiger charge is 2.27. The van der Waals surface area contributed by atoms with E-state index in [1.54, 1.807) is 0 Å². The van der Waals surface area contributed by atoms with E-state index in [4.69, 9.17) is 5.73 Å². The van der Waals surface area contributed by atoms with E-state index in [-0.39, 0.29) is 6.10 Å². The molecule has 2 unspecified atom stereocenters. The average Bonchev–Trinajstić information content (AvgIpc) is 1.85. The molecule has 0 spiro atoms. The summed E-state index contributed by atoms with van der Waals surface area (Å²) in [6, 6.07) is 0. The molecule has 0 aromatic heterocycles. The minimum absolute atomic E-state index is 0.306. The van der Waals surface area contributed by atoms with Crippen LogP contribution in [0.15, 0.2) is 0 Å². The topological polar surface area (TPSA) is 46.2 Å². The van der Waals surface area contributed by atoms with Crippen molar-refractivity contribution in [1.82, 2.24) is 0 Å². The Morgan fingerprint density at radius 3 is 2.18 bits per heavy atom. The fraction of sp³-hybridized carbons (Fsp3) is 1.00. The van der Waals surface area contributed by atoms with Crippen molar-refractivity contribution in [2.75, 3.05) is 0 Å². The molecule has 0 amide bonds. The van der Waals surface area contributed by atoms with Crippen LogP contribution in [0.3, 0.4) is 0 Å². The molecule has 0 rings (SSSR count). The van der Waals surface area contributed by atoms with Gasteiger partial charge >= 0.3 is 0 Å². The Hall–Kier alpha value is -0.0800. The van der Waals surface area contributed by atoms with Crippen LogP contribution in [-0.2, 0) is 0 Å². The van der Waals surface area contributed by atoms with Crippen molar-refractivity contribution >= 4 is 0 Å². The van der Waals surface area contributed by atoms with Gasteiger partial charge in [-0.1, -0.05) is 20.3 Å². The molecule has 0 aliphatic rings. The van der Waals surface area contributed by atoms with E-state index in [1.807, 2.05) is 20.8 Å². The number of nitrogens with two attached hydrogens (primary N) is 1. The minimum Gasteiger partial charge on any atom is -0.391 e. The molecule has 0 saturated heterocycles. The molecule has 0 bridgehead atoms. The van der Waals surface area contributed by atoms with Crippen LogP contribution in [0.5, 0.6) is 0 Å². The summed E-state index contributed by atoms with van der Waals surface area (Å²) in [7, 11) is 0. The van der Waals surface area contributed by atoms with Gasteiger partial charge in [0.05, 0.1) is 6.10 Å². The van der Waals surface area contributed by atoms with Crippen molar-refractivity contribution in [1.29, 1.82) is 0 Å². The standard InChI is InChI=1S/C9H21NO/c1-5-6-7(2)8(11)9(3,4)10/h7-8,11H,5-6,10H2,1-4H3. The zero-order valence-electron chi connectivity index (χ0n) is 8.09. The van der Waals surface area contributed by atoms with Gasteiger partial charge in [-0.15, -0.1) is 0 Å². The summed E-state index contributed by atoms with van der Waals surface area (Å²) in [6.45, 7) is 7.89. The molecule has 0 aromatic carbocycles. The SMILES string of the molecule is CCCC(C)C(O)C(C)(C)N. The van der Waals surface area contributed by atoms with Crippen molar-refractivity contribution in [3.05, 3.63) is 0 Å². The van der Waals surface area contributed by atoms with E-state index < -0.39 is 5.54 Å². The first-order chi connectivity index (χ1) is 4.89. The lowest BCUT2D eigenvalue weighted by atomic mass is 9.86. The van der Waals surface area contributed by atoms with E-state index >= 15 is 0 Å². The van der Waals surface area contributed by atoms with E-state index in [0.29, 0.717) is 5.92 Å². The molecule has 2 heteroatoms. The second-order valence-electron chi connectivity index (χ2n) is 4.03. The molecule has 0 saturated carbocycles. The van der Waals surface area contributed by atoms with Gasteiger partial charge in [0.2, 0.25) is 0 Å². The van der Waals surface area contributed by atoms with Gasteiger partial charge < -0.3 is 10.8 Å². The van der Waals surface area contributed by atoms with Gasteiger partial charge in [-0.25, -0.2) is 0 Å². The molecule has 68 valence electrons. The van der Waals surface area contributed by atoms with E-state index in [1.165, 1.54) is 0 Å². The highest BCUT2D eigenvalue weighted by atomic mass is 16.3. The smallest absolute Gasteiger partial charge is 0.0739 e. The first-order valence-electron chi connectivity index (χ1n) is 4.36. The number of aliphatic hydroxyl groups is 1. The van der Waals surface area contributed by atoms with Gasteiger partial charge in [0.25, 0.3) is 0 Å². The maximum Gasteiger partial charge on any atom is 0.0739 e. The highest BCUT2D eigenvalue weighted by molar-refractivity contribution is 4.84. The van der Waals surface area contributed by atoms with Crippen LogP contribution in [0.25, 0.3) is 0 Å². The van der Waals surface area contributed by atoms with Crippen LogP contribution in [0.4, 0.5) is 0 Å². The minimum atomic E-state index is -0.464. The van der Waals surface area contributed by atoms with E-state index in [0.717, 1.165) is 12.8 Å². The van der Waals surface area contributed by atoms with Gasteiger partial charge in [0, 0.05) is 5.54 Å². The van der Waals surface area contributed by atoms with Crippen molar-refractivity contribution in [2.45, 2.75) is 52.2 Å². The normalized spacial score (nSPS) is 18.0. The van der Waals surface area contributed by atoms with Gasteiger partial charge in [0.1, 0.15) is 0 Å². The molecule has 0 radical (unpaired) electrons. The fourth-order valence-corrected chi connectivity index (χ4v) is 1.35. The Morgan fingerprint density at radius 2 is 1.91 bits per heavy atom. The van der Waals surface area contributed by atoms with E-state index in [9.17, 15) is 5.11 Å². The monoisotopic (exact) mass is 159 g/mol. The molecule has 0 aliphatic heterocycles. The Labute approximate surface area is 69.8 Å². The lowest BCUT2D eigenvalue weighted by Gasteiger charge is -2.30. The van der Waals surface area contributed by atoms with Crippen molar-refractivity contribution in [2.24, 2.45) is 11.7 Å². The van der Waals surface area contributed by atoms with Crippen LogP contribution in [0.1, 0.15) is 40.5 Å². The van der Waals surface area contributed by atoms with Gasteiger partial charge in [-0.3, -0.25) is 0 Å². The molecule has 0 aromatic rings. The quantitative estimate of drug-likeness (QED) is 0.653. The summed E-state index contributed by atoms with van der Waals surface area (Å²) in [5.41, 5.74) is 5.30. The molecule has 2 nitrogen and oxygen atoms in total. The fourth-order valence-electron chi connectivity index (χ4n) is 1.35. The lowest BCUT2D eigenvalue weighted by molar-refractivity contribution is 0.0507. The van der Waals surface area contributed by atoms with Crippen molar-refractivity contribution in [3.63, 3.8) is 0 Å². The molecule has 2 atom stereocenters. The van der Waals surface area contributed by atoms with Crippen LogP contribution in [0.2, 0.25) is 0 Å². The predicted octanol–water partition coefficient (Wildman–Crippen LogP) is 1.52. The third kappa shape index (κ3) is 3.73. The number of aliphatic hydroxyl groups excluding tert-OH is 1. The first kappa shape index (κ1) is 10.9. The Balaban J connectivity index is 3.91. The van der Waals surface area contributed by atoms with Crippen molar-refractivity contribution in [3.8, 4) is 0 Å². The molecule has 0 aliphatic carbocycles. The highest BCUT2D eigenvalue weighted by Crippen LogP contribution is 2.18. The summed E-state index contributed by atoms with van der Waals surface area (Å²) < 4.78 is 0. The zero-order valence-corrected chi connectivity index (χ0v) is 8.09. The second-order valence-corrected chi connectivity index (χ2v) is 4.03. The Kier molecular flexibility index (Phi) is 4.04. The summed E-state index contributed by atoms with van der Waals surface area (Å²) in [5, 5.41) is 9.66. The maximum atomic E-state index is 9.66. The van der Waals surface area contributed by atoms with Gasteiger partial charge in [0.15, 0.2) is 0 Å². The van der Waals surface area contributed by atoms with Crippen LogP contribution < -0.4 is 5.73 Å². The van der Waals surface area contributed by atoms with Crippen LogP contribution >= 0.6 is 0 Å². The Bertz CT molecular complexity index is 107. The van der Waals surface area contributed by atoms with E-state index in [2.05, 4.69) is 6.92 Å². The van der Waals surface area contributed by atoms with Crippen LogP contribution in [0, 0.1) is 5.92 Å². The molecule has 0 fully saturated rings. The van der Waals surface area contributed by atoms with Crippen molar-refractivity contribution < 1.29 is 5.11 Å². The largest absolute Gasteiger partial charge is 0.391 e. The first-order valence-corrected chi connectivity index (χ1v) is 4.36. The third-order valence-corrected chi connectivity index (χ3v) is 2.05.